The van der Waals surface area contributed by atoms with Gasteiger partial charge in [0.1, 0.15) is 11.4 Å². The third kappa shape index (κ3) is 2.28. The molecular formula is C15H16N2O2. The zero-order valence-corrected chi connectivity index (χ0v) is 10.7. The second-order valence-corrected chi connectivity index (χ2v) is 4.66. The lowest BCUT2D eigenvalue weighted by Crippen LogP contribution is -2.45. The van der Waals surface area contributed by atoms with Crippen molar-refractivity contribution in [2.45, 2.75) is 12.9 Å². The predicted octanol–water partition coefficient (Wildman–Crippen LogP) is 2.69. The molecule has 0 spiro atoms. The van der Waals surface area contributed by atoms with Gasteiger partial charge in [0.05, 0.1) is 0 Å². The van der Waals surface area contributed by atoms with Crippen LogP contribution in [0, 0.1) is 0 Å². The number of hydroxylamine groups is 1. The highest BCUT2D eigenvalue weighted by Crippen LogP contribution is 2.36. The molecule has 0 aromatic heterocycles. The lowest BCUT2D eigenvalue weighted by molar-refractivity contribution is -0.00491. The molecule has 3 rings (SSSR count). The summed E-state index contributed by atoms with van der Waals surface area (Å²) >= 11 is 0. The van der Waals surface area contributed by atoms with E-state index in [0.29, 0.717) is 18.0 Å². The molecule has 4 nitrogen and oxygen atoms in total. The molecular weight excluding hydrogens is 240 g/mol. The molecule has 1 aliphatic rings. The largest absolute Gasteiger partial charge is 0.452 e. The molecule has 0 amide bonds. The number of hydrogen-bond acceptors (Lipinski definition) is 4. The number of fused-ring (bicyclic) bond motifs is 1. The zero-order valence-electron chi connectivity index (χ0n) is 10.7. The quantitative estimate of drug-likeness (QED) is 0.916. The maximum Gasteiger partial charge on any atom is 0.255 e. The summed E-state index contributed by atoms with van der Waals surface area (Å²) in [4.78, 5) is 1.95. The minimum Gasteiger partial charge on any atom is -0.452 e. The van der Waals surface area contributed by atoms with E-state index in [1.54, 1.807) is 0 Å². The molecule has 1 unspecified atom stereocenters. The van der Waals surface area contributed by atoms with Crippen molar-refractivity contribution >= 4 is 5.69 Å². The summed E-state index contributed by atoms with van der Waals surface area (Å²) in [6.07, 6.45) is -0.488. The fraction of sp³-hybridized carbons (Fsp3) is 0.200. The van der Waals surface area contributed by atoms with Gasteiger partial charge in [0.2, 0.25) is 0 Å². The Kier molecular flexibility index (Phi) is 3.11. The van der Waals surface area contributed by atoms with E-state index in [1.165, 1.54) is 5.56 Å². The lowest BCUT2D eigenvalue weighted by atomic mass is 10.2. The maximum atomic E-state index is 10.2. The Bertz CT molecular complexity index is 559. The first-order chi connectivity index (χ1) is 9.25. The molecule has 1 atom stereocenters. The van der Waals surface area contributed by atoms with Crippen molar-refractivity contribution in [3.8, 4) is 5.75 Å². The minimum absolute atomic E-state index is 0.488. The van der Waals surface area contributed by atoms with Crippen molar-refractivity contribution in [2.24, 2.45) is 0 Å². The third-order valence-electron chi connectivity index (χ3n) is 3.21. The molecule has 2 aromatic rings. The predicted molar refractivity (Wildman–Crippen MR) is 73.0 cm³/mol. The van der Waals surface area contributed by atoms with E-state index in [9.17, 15) is 5.21 Å². The van der Waals surface area contributed by atoms with E-state index in [4.69, 9.17) is 4.74 Å². The number of anilines is 1. The summed E-state index contributed by atoms with van der Waals surface area (Å²) in [6.45, 7) is 0.705. The van der Waals surface area contributed by atoms with E-state index in [1.807, 2.05) is 54.4 Å². The second-order valence-electron chi connectivity index (χ2n) is 4.66. The molecule has 19 heavy (non-hydrogen) atoms. The Balaban J connectivity index is 1.74. The monoisotopic (exact) mass is 256 g/mol. The van der Waals surface area contributed by atoms with Gasteiger partial charge in [-0.15, -0.1) is 0 Å². The SMILES string of the molecule is CN(Cc1ccccc1)C1Oc2ccccc2N1O. The van der Waals surface area contributed by atoms with Gasteiger partial charge in [-0.2, -0.15) is 5.06 Å². The number of hydrogen-bond donors (Lipinski definition) is 1. The first-order valence-corrected chi connectivity index (χ1v) is 6.23. The van der Waals surface area contributed by atoms with E-state index in [2.05, 4.69) is 12.1 Å². The number of nitrogens with zero attached hydrogens (tertiary/aromatic N) is 2. The van der Waals surface area contributed by atoms with E-state index in [-0.39, 0.29) is 0 Å². The van der Waals surface area contributed by atoms with Crippen LogP contribution in [0.1, 0.15) is 5.56 Å². The van der Waals surface area contributed by atoms with E-state index in [0.717, 1.165) is 5.06 Å². The zero-order chi connectivity index (χ0) is 13.2. The van der Waals surface area contributed by atoms with E-state index < -0.39 is 6.35 Å². The van der Waals surface area contributed by atoms with Gasteiger partial charge in [0.25, 0.3) is 6.35 Å². The Morgan fingerprint density at radius 1 is 1.11 bits per heavy atom. The minimum atomic E-state index is -0.488. The van der Waals surface area contributed by atoms with Crippen LogP contribution in [0.15, 0.2) is 54.6 Å². The first-order valence-electron chi connectivity index (χ1n) is 6.23. The Morgan fingerprint density at radius 2 is 1.79 bits per heavy atom. The van der Waals surface area contributed by atoms with E-state index >= 15 is 0 Å². The lowest BCUT2D eigenvalue weighted by Gasteiger charge is -2.27. The normalized spacial score (nSPS) is 17.4. The highest BCUT2D eigenvalue weighted by molar-refractivity contribution is 5.59. The number of ether oxygens (including phenoxy) is 1. The molecule has 1 N–H and O–H groups in total. The van der Waals surface area contributed by atoms with Gasteiger partial charge in [-0.05, 0) is 24.7 Å². The average molecular weight is 256 g/mol. The molecule has 0 radical (unpaired) electrons. The third-order valence-corrected chi connectivity index (χ3v) is 3.21. The fourth-order valence-electron chi connectivity index (χ4n) is 2.25. The van der Waals surface area contributed by atoms with Gasteiger partial charge in [-0.1, -0.05) is 42.5 Å². The second kappa shape index (κ2) is 4.91. The van der Waals surface area contributed by atoms with Crippen LogP contribution >= 0.6 is 0 Å². The van der Waals surface area contributed by atoms with Gasteiger partial charge in [0, 0.05) is 6.54 Å². The summed E-state index contributed by atoms with van der Waals surface area (Å²) in [5, 5.41) is 11.3. The maximum absolute atomic E-state index is 10.2. The molecule has 0 bridgehead atoms. The van der Waals surface area contributed by atoms with Crippen molar-refractivity contribution in [1.82, 2.24) is 4.90 Å². The topological polar surface area (TPSA) is 35.9 Å². The van der Waals surface area contributed by atoms with Gasteiger partial charge >= 0.3 is 0 Å². The Morgan fingerprint density at radius 3 is 2.53 bits per heavy atom. The number of rotatable bonds is 3. The molecule has 4 heteroatoms. The van der Waals surface area contributed by atoms with Gasteiger partial charge in [-0.25, -0.2) is 4.90 Å². The van der Waals surface area contributed by atoms with Crippen molar-refractivity contribution < 1.29 is 9.94 Å². The van der Waals surface area contributed by atoms with Crippen molar-refractivity contribution in [2.75, 3.05) is 12.1 Å². The Hall–Kier alpha value is -2.04. The summed E-state index contributed by atoms with van der Waals surface area (Å²) in [7, 11) is 1.92. The molecule has 0 saturated carbocycles. The van der Waals surface area contributed by atoms with Crippen molar-refractivity contribution in [1.29, 1.82) is 0 Å². The highest BCUT2D eigenvalue weighted by atomic mass is 16.6. The van der Waals surface area contributed by atoms with Gasteiger partial charge in [-0.3, -0.25) is 5.21 Å². The molecule has 1 heterocycles. The first kappa shape index (κ1) is 12.0. The van der Waals surface area contributed by atoms with Crippen LogP contribution in [0.4, 0.5) is 5.69 Å². The van der Waals surface area contributed by atoms with Crippen LogP contribution in [-0.2, 0) is 6.54 Å². The van der Waals surface area contributed by atoms with Crippen LogP contribution < -0.4 is 9.80 Å². The van der Waals surface area contributed by atoms with Gasteiger partial charge < -0.3 is 4.74 Å². The summed E-state index contributed by atoms with van der Waals surface area (Å²) < 4.78 is 5.76. The molecule has 98 valence electrons. The average Bonchev–Trinajstić information content (AvgIpc) is 2.78. The van der Waals surface area contributed by atoms with Crippen LogP contribution in [0.2, 0.25) is 0 Å². The summed E-state index contributed by atoms with van der Waals surface area (Å²) in [5.74, 6) is 0.704. The van der Waals surface area contributed by atoms with Crippen molar-refractivity contribution in [3.63, 3.8) is 0 Å². The number of para-hydroxylation sites is 2. The van der Waals surface area contributed by atoms with Crippen LogP contribution in [-0.4, -0.2) is 23.5 Å². The summed E-state index contributed by atoms with van der Waals surface area (Å²) in [6, 6.07) is 17.6. The smallest absolute Gasteiger partial charge is 0.255 e. The fourth-order valence-corrected chi connectivity index (χ4v) is 2.25. The summed E-state index contributed by atoms with van der Waals surface area (Å²) in [5.41, 5.74) is 1.88. The molecule has 1 aliphatic heterocycles. The van der Waals surface area contributed by atoms with Crippen molar-refractivity contribution in [3.05, 3.63) is 60.2 Å². The van der Waals surface area contributed by atoms with Crippen LogP contribution in [0.3, 0.4) is 0 Å². The standard InChI is InChI=1S/C15H16N2O2/c1-16(11-12-7-3-2-4-8-12)15-17(18)13-9-5-6-10-14(13)19-15/h2-10,15,18H,11H2,1H3. The van der Waals surface area contributed by atoms with Crippen LogP contribution in [0.25, 0.3) is 0 Å². The molecule has 0 fully saturated rings. The molecule has 0 saturated heterocycles. The molecule has 2 aromatic carbocycles. The highest BCUT2D eigenvalue weighted by Gasteiger charge is 2.32. The Labute approximate surface area is 112 Å². The van der Waals surface area contributed by atoms with Crippen LogP contribution in [0.5, 0.6) is 5.75 Å². The van der Waals surface area contributed by atoms with Gasteiger partial charge in [0.15, 0.2) is 0 Å². The molecule has 0 aliphatic carbocycles. The number of benzene rings is 2.